The van der Waals surface area contributed by atoms with Gasteiger partial charge in [0.05, 0.1) is 10.7 Å². The van der Waals surface area contributed by atoms with E-state index in [1.165, 1.54) is 0 Å². The average Bonchev–Trinajstić information content (AvgIpc) is 1.82. The summed E-state index contributed by atoms with van der Waals surface area (Å²) >= 11 is 9.11. The minimum Gasteiger partial charge on any atom is -0.397 e. The summed E-state index contributed by atoms with van der Waals surface area (Å²) in [4.78, 5) is 0. The molecule has 0 unspecified atom stereocenters. The minimum atomic E-state index is 0. The molecule has 62 valence electrons. The van der Waals surface area contributed by atoms with E-state index < -0.39 is 0 Å². The minimum absolute atomic E-state index is 0. The van der Waals surface area contributed by atoms with Gasteiger partial charge in [-0.1, -0.05) is 27.5 Å². The van der Waals surface area contributed by atoms with E-state index in [1.807, 2.05) is 13.0 Å². The summed E-state index contributed by atoms with van der Waals surface area (Å²) in [6, 6.07) is 3.72. The number of hydrogen-bond donors (Lipinski definition) is 1. The summed E-state index contributed by atoms with van der Waals surface area (Å²) in [5.41, 5.74) is 7.17. The SMILES string of the molecule is Cc1cc(Br)cc(N)c1Cl.Cl. The molecule has 11 heavy (non-hydrogen) atoms. The highest BCUT2D eigenvalue weighted by molar-refractivity contribution is 9.10. The fraction of sp³-hybridized carbons (Fsp3) is 0.143. The average molecular weight is 257 g/mol. The van der Waals surface area contributed by atoms with Crippen LogP contribution in [0.15, 0.2) is 16.6 Å². The first-order valence-corrected chi connectivity index (χ1v) is 3.99. The second kappa shape index (κ2) is 4.19. The van der Waals surface area contributed by atoms with Crippen LogP contribution < -0.4 is 5.73 Å². The second-order valence-corrected chi connectivity index (χ2v) is 3.42. The molecule has 1 nitrogen and oxygen atoms in total. The van der Waals surface area contributed by atoms with Gasteiger partial charge in [0.2, 0.25) is 0 Å². The molecule has 1 rings (SSSR count). The first kappa shape index (κ1) is 11.1. The van der Waals surface area contributed by atoms with Crippen molar-refractivity contribution < 1.29 is 0 Å². The zero-order chi connectivity index (χ0) is 7.72. The van der Waals surface area contributed by atoms with E-state index in [-0.39, 0.29) is 12.4 Å². The first-order chi connectivity index (χ1) is 4.61. The topological polar surface area (TPSA) is 26.0 Å². The maximum atomic E-state index is 5.80. The van der Waals surface area contributed by atoms with E-state index in [4.69, 9.17) is 17.3 Å². The molecule has 1 aromatic rings. The Morgan fingerprint density at radius 3 is 2.45 bits per heavy atom. The van der Waals surface area contributed by atoms with Crippen molar-refractivity contribution in [2.45, 2.75) is 6.92 Å². The number of nitrogens with two attached hydrogens (primary N) is 1. The molecular weight excluding hydrogens is 249 g/mol. The van der Waals surface area contributed by atoms with Crippen LogP contribution in [0.2, 0.25) is 5.02 Å². The molecule has 1 aromatic carbocycles. The van der Waals surface area contributed by atoms with Crippen molar-refractivity contribution >= 4 is 45.6 Å². The van der Waals surface area contributed by atoms with Crippen molar-refractivity contribution in [2.75, 3.05) is 5.73 Å². The molecule has 0 saturated heterocycles. The van der Waals surface area contributed by atoms with Gasteiger partial charge in [0, 0.05) is 4.47 Å². The van der Waals surface area contributed by atoms with Crippen LogP contribution in [0.25, 0.3) is 0 Å². The van der Waals surface area contributed by atoms with Gasteiger partial charge in [0.15, 0.2) is 0 Å². The molecule has 2 N–H and O–H groups in total. The standard InChI is InChI=1S/C7H7BrClN.ClH/c1-4-2-5(8)3-6(10)7(4)9;/h2-3H,10H2,1H3;1H. The number of benzene rings is 1. The van der Waals surface area contributed by atoms with Crippen LogP contribution in [-0.4, -0.2) is 0 Å². The van der Waals surface area contributed by atoms with Crippen LogP contribution in [0.1, 0.15) is 5.56 Å². The highest BCUT2D eigenvalue weighted by Crippen LogP contribution is 2.26. The van der Waals surface area contributed by atoms with Gasteiger partial charge >= 0.3 is 0 Å². The fourth-order valence-electron chi connectivity index (χ4n) is 0.751. The molecule has 0 atom stereocenters. The molecule has 0 aliphatic heterocycles. The number of aryl methyl sites for hydroxylation is 1. The summed E-state index contributed by atoms with van der Waals surface area (Å²) in [5, 5.41) is 0.642. The molecule has 4 heteroatoms. The zero-order valence-electron chi connectivity index (χ0n) is 5.90. The maximum Gasteiger partial charge on any atom is 0.0665 e. The molecular formula is C7H8BrCl2N. The summed E-state index contributed by atoms with van der Waals surface area (Å²) in [7, 11) is 0. The number of hydrogen-bond acceptors (Lipinski definition) is 1. The van der Waals surface area contributed by atoms with Crippen LogP contribution in [0.5, 0.6) is 0 Å². The van der Waals surface area contributed by atoms with Crippen LogP contribution in [-0.2, 0) is 0 Å². The predicted octanol–water partition coefficient (Wildman–Crippen LogP) is 3.41. The third-order valence-electron chi connectivity index (χ3n) is 1.25. The van der Waals surface area contributed by atoms with Crippen LogP contribution >= 0.6 is 39.9 Å². The highest BCUT2D eigenvalue weighted by Gasteiger charge is 1.99. The van der Waals surface area contributed by atoms with E-state index in [0.29, 0.717) is 10.7 Å². The van der Waals surface area contributed by atoms with E-state index in [0.717, 1.165) is 10.0 Å². The molecule has 0 aromatic heterocycles. The second-order valence-electron chi connectivity index (χ2n) is 2.13. The van der Waals surface area contributed by atoms with E-state index in [9.17, 15) is 0 Å². The van der Waals surface area contributed by atoms with E-state index in [1.54, 1.807) is 6.07 Å². The number of halogens is 3. The Bertz CT molecular complexity index is 240. The predicted molar refractivity (Wildman–Crippen MR) is 55.5 cm³/mol. The van der Waals surface area contributed by atoms with Gasteiger partial charge in [-0.2, -0.15) is 0 Å². The lowest BCUT2D eigenvalue weighted by Gasteiger charge is -2.01. The van der Waals surface area contributed by atoms with Gasteiger partial charge in [0.1, 0.15) is 0 Å². The van der Waals surface area contributed by atoms with Crippen molar-refractivity contribution in [1.82, 2.24) is 0 Å². The Kier molecular flexibility index (Phi) is 4.22. The number of rotatable bonds is 0. The lowest BCUT2D eigenvalue weighted by atomic mass is 10.2. The molecule has 0 bridgehead atoms. The van der Waals surface area contributed by atoms with Crippen LogP contribution in [0, 0.1) is 6.92 Å². The van der Waals surface area contributed by atoms with Crippen molar-refractivity contribution in [3.05, 3.63) is 27.2 Å². The van der Waals surface area contributed by atoms with Gasteiger partial charge in [-0.25, -0.2) is 0 Å². The first-order valence-electron chi connectivity index (χ1n) is 2.82. The van der Waals surface area contributed by atoms with Gasteiger partial charge in [-0.3, -0.25) is 0 Å². The normalized spacial score (nSPS) is 9.00. The Morgan fingerprint density at radius 1 is 1.45 bits per heavy atom. The monoisotopic (exact) mass is 255 g/mol. The molecule has 0 aliphatic carbocycles. The van der Waals surface area contributed by atoms with Crippen LogP contribution in [0.3, 0.4) is 0 Å². The number of nitrogen functional groups attached to an aromatic ring is 1. The molecule has 0 heterocycles. The Morgan fingerprint density at radius 2 is 2.00 bits per heavy atom. The van der Waals surface area contributed by atoms with Crippen molar-refractivity contribution in [1.29, 1.82) is 0 Å². The van der Waals surface area contributed by atoms with Crippen molar-refractivity contribution in [2.24, 2.45) is 0 Å². The smallest absolute Gasteiger partial charge is 0.0665 e. The maximum absolute atomic E-state index is 5.80. The third-order valence-corrected chi connectivity index (χ3v) is 2.22. The molecule has 0 radical (unpaired) electrons. The zero-order valence-corrected chi connectivity index (χ0v) is 9.05. The molecule has 0 amide bonds. The third kappa shape index (κ3) is 2.55. The molecule has 0 aliphatic rings. The highest BCUT2D eigenvalue weighted by atomic mass is 79.9. The van der Waals surface area contributed by atoms with Gasteiger partial charge < -0.3 is 5.73 Å². The van der Waals surface area contributed by atoms with Gasteiger partial charge in [-0.05, 0) is 24.6 Å². The largest absolute Gasteiger partial charge is 0.397 e. The molecule has 0 spiro atoms. The Labute approximate surface area is 85.5 Å². The van der Waals surface area contributed by atoms with Crippen molar-refractivity contribution in [3.8, 4) is 0 Å². The van der Waals surface area contributed by atoms with Crippen molar-refractivity contribution in [3.63, 3.8) is 0 Å². The van der Waals surface area contributed by atoms with Crippen LogP contribution in [0.4, 0.5) is 5.69 Å². The summed E-state index contributed by atoms with van der Waals surface area (Å²) < 4.78 is 0.965. The lowest BCUT2D eigenvalue weighted by molar-refractivity contribution is 1.45. The Balaban J connectivity index is 0.000001000. The van der Waals surface area contributed by atoms with E-state index >= 15 is 0 Å². The van der Waals surface area contributed by atoms with Gasteiger partial charge in [0.25, 0.3) is 0 Å². The summed E-state index contributed by atoms with van der Waals surface area (Å²) in [6.07, 6.45) is 0. The lowest BCUT2D eigenvalue weighted by Crippen LogP contribution is -1.87. The fourth-order valence-corrected chi connectivity index (χ4v) is 1.45. The molecule has 0 saturated carbocycles. The van der Waals surface area contributed by atoms with Gasteiger partial charge in [-0.15, -0.1) is 12.4 Å². The summed E-state index contributed by atoms with van der Waals surface area (Å²) in [6.45, 7) is 1.92. The molecule has 0 fully saturated rings. The number of anilines is 1. The summed E-state index contributed by atoms with van der Waals surface area (Å²) in [5.74, 6) is 0. The Hall–Kier alpha value is 0.0800. The quantitative estimate of drug-likeness (QED) is 0.708. The van der Waals surface area contributed by atoms with E-state index in [2.05, 4.69) is 15.9 Å².